The molecule has 0 aliphatic rings. The largest absolute Gasteiger partial charge is 0.390 e. The smallest absolute Gasteiger partial charge is 0.345 e. The maximum atomic E-state index is 12.0. The van der Waals surface area contributed by atoms with Gasteiger partial charge in [0, 0.05) is 30.3 Å². The maximum Gasteiger partial charge on any atom is 0.345 e. The van der Waals surface area contributed by atoms with Gasteiger partial charge >= 0.3 is 11.9 Å². The van der Waals surface area contributed by atoms with E-state index >= 15 is 0 Å². The van der Waals surface area contributed by atoms with Crippen LogP contribution in [0.3, 0.4) is 0 Å². The average Bonchev–Trinajstić information content (AvgIpc) is 2.55. The van der Waals surface area contributed by atoms with E-state index in [1.807, 2.05) is 0 Å². The number of esters is 2. The molecule has 8 heteroatoms. The van der Waals surface area contributed by atoms with Gasteiger partial charge in [0.05, 0.1) is 10.5 Å². The maximum absolute atomic E-state index is 12.0. The number of nitrogens with zero attached hydrogens (tertiary/aromatic N) is 1. The first-order valence-corrected chi connectivity index (χ1v) is 6.75. The minimum Gasteiger partial charge on any atom is -0.390 e. The molecule has 0 fully saturated rings. The summed E-state index contributed by atoms with van der Waals surface area (Å²) >= 11 is 0. The van der Waals surface area contributed by atoms with E-state index in [4.69, 9.17) is 0 Å². The van der Waals surface area contributed by atoms with Crippen LogP contribution in [-0.4, -0.2) is 22.8 Å². The second kappa shape index (κ2) is 7.14. The first-order valence-electron chi connectivity index (χ1n) is 6.75. The fourth-order valence-corrected chi connectivity index (χ4v) is 1.82. The van der Waals surface area contributed by atoms with Gasteiger partial charge in [-0.2, -0.15) is 0 Å². The Bertz CT molecular complexity index is 796. The van der Waals surface area contributed by atoms with Crippen LogP contribution in [-0.2, 0) is 9.53 Å². The molecule has 0 spiro atoms. The van der Waals surface area contributed by atoms with Crippen molar-refractivity contribution in [1.82, 2.24) is 0 Å². The van der Waals surface area contributed by atoms with Crippen molar-refractivity contribution in [2.24, 2.45) is 0 Å². The lowest BCUT2D eigenvalue weighted by Gasteiger charge is -2.06. The van der Waals surface area contributed by atoms with Crippen molar-refractivity contribution in [3.05, 3.63) is 69.8 Å². The Balaban J connectivity index is 2.05. The number of carbonyl (C=O) groups excluding carboxylic acids is 3. The first kappa shape index (κ1) is 16.8. The standard InChI is InChI=1S/C16H12N2O6/c1-10(19)24-16(21)12-2-6-13(7-3-12)17-15(20)11-4-8-14(9-5-11)18(22)23/h2-9H,1H3,(H,17,20). The van der Waals surface area contributed by atoms with Crippen LogP contribution >= 0.6 is 0 Å². The van der Waals surface area contributed by atoms with E-state index < -0.39 is 22.8 Å². The highest BCUT2D eigenvalue weighted by Crippen LogP contribution is 2.15. The molecule has 24 heavy (non-hydrogen) atoms. The third-order valence-corrected chi connectivity index (χ3v) is 2.96. The fraction of sp³-hybridized carbons (Fsp3) is 0.0625. The summed E-state index contributed by atoms with van der Waals surface area (Å²) in [6, 6.07) is 10.9. The van der Waals surface area contributed by atoms with E-state index in [0.717, 1.165) is 6.92 Å². The molecule has 8 nitrogen and oxygen atoms in total. The van der Waals surface area contributed by atoms with Crippen LogP contribution in [0.2, 0.25) is 0 Å². The molecule has 2 rings (SSSR count). The van der Waals surface area contributed by atoms with Gasteiger partial charge in [0.2, 0.25) is 0 Å². The molecule has 0 saturated carbocycles. The number of amides is 1. The Morgan fingerprint density at radius 1 is 0.958 bits per heavy atom. The number of nitro groups is 1. The molecule has 0 aliphatic carbocycles. The van der Waals surface area contributed by atoms with E-state index in [9.17, 15) is 24.5 Å². The molecule has 1 N–H and O–H groups in total. The predicted octanol–water partition coefficient (Wildman–Crippen LogP) is 2.55. The van der Waals surface area contributed by atoms with E-state index in [2.05, 4.69) is 10.1 Å². The van der Waals surface area contributed by atoms with Crippen LogP contribution in [0.25, 0.3) is 0 Å². The lowest BCUT2D eigenvalue weighted by atomic mass is 10.1. The number of non-ortho nitro benzene ring substituents is 1. The number of anilines is 1. The molecule has 0 heterocycles. The van der Waals surface area contributed by atoms with E-state index in [-0.39, 0.29) is 16.8 Å². The highest BCUT2D eigenvalue weighted by atomic mass is 16.6. The summed E-state index contributed by atoms with van der Waals surface area (Å²) < 4.78 is 4.44. The Morgan fingerprint density at radius 2 is 1.50 bits per heavy atom. The van der Waals surface area contributed by atoms with Gasteiger partial charge in [-0.1, -0.05) is 0 Å². The first-order chi connectivity index (χ1) is 11.4. The number of carbonyl (C=O) groups is 3. The number of nitro benzene ring substituents is 1. The quantitative estimate of drug-likeness (QED) is 0.399. The molecule has 0 aliphatic heterocycles. The van der Waals surface area contributed by atoms with Crippen molar-refractivity contribution in [3.8, 4) is 0 Å². The normalized spacial score (nSPS) is 9.88. The van der Waals surface area contributed by atoms with Crippen molar-refractivity contribution in [1.29, 1.82) is 0 Å². The number of hydrogen-bond donors (Lipinski definition) is 1. The van der Waals surface area contributed by atoms with Crippen molar-refractivity contribution in [3.63, 3.8) is 0 Å². The zero-order valence-electron chi connectivity index (χ0n) is 12.5. The molecule has 122 valence electrons. The van der Waals surface area contributed by atoms with Crippen LogP contribution in [0.1, 0.15) is 27.6 Å². The Kier molecular flexibility index (Phi) is 5.00. The average molecular weight is 328 g/mol. The topological polar surface area (TPSA) is 116 Å². The van der Waals surface area contributed by atoms with Crippen LogP contribution in [0, 0.1) is 10.1 Å². The lowest BCUT2D eigenvalue weighted by Crippen LogP contribution is -2.12. The monoisotopic (exact) mass is 328 g/mol. The minimum absolute atomic E-state index is 0.111. The number of benzene rings is 2. The summed E-state index contributed by atoms with van der Waals surface area (Å²) in [6.45, 7) is 1.12. The number of nitrogens with one attached hydrogen (secondary N) is 1. The summed E-state index contributed by atoms with van der Waals surface area (Å²) in [5.41, 5.74) is 0.719. The summed E-state index contributed by atoms with van der Waals surface area (Å²) in [4.78, 5) is 44.3. The number of ether oxygens (including phenoxy) is 1. The number of hydrogen-bond acceptors (Lipinski definition) is 6. The third kappa shape index (κ3) is 4.23. The second-order valence-electron chi connectivity index (χ2n) is 4.72. The van der Waals surface area contributed by atoms with Crippen molar-refractivity contribution < 1.29 is 24.0 Å². The highest BCUT2D eigenvalue weighted by Gasteiger charge is 2.12. The summed E-state index contributed by atoms with van der Waals surface area (Å²) in [7, 11) is 0. The zero-order valence-corrected chi connectivity index (χ0v) is 12.5. The van der Waals surface area contributed by atoms with Crippen LogP contribution in [0.15, 0.2) is 48.5 Å². The predicted molar refractivity (Wildman–Crippen MR) is 83.6 cm³/mol. The van der Waals surface area contributed by atoms with Crippen molar-refractivity contribution in [2.45, 2.75) is 6.92 Å². The van der Waals surface area contributed by atoms with Crippen LogP contribution in [0.4, 0.5) is 11.4 Å². The Hall–Kier alpha value is -3.55. The van der Waals surface area contributed by atoms with Gasteiger partial charge in [-0.3, -0.25) is 19.7 Å². The van der Waals surface area contributed by atoms with Gasteiger partial charge in [-0.15, -0.1) is 0 Å². The SMILES string of the molecule is CC(=O)OC(=O)c1ccc(NC(=O)c2ccc([N+](=O)[O-])cc2)cc1. The fourth-order valence-electron chi connectivity index (χ4n) is 1.82. The van der Waals surface area contributed by atoms with Crippen LogP contribution < -0.4 is 5.32 Å². The van der Waals surface area contributed by atoms with Gasteiger partial charge in [-0.25, -0.2) is 4.79 Å². The molecule has 1 amide bonds. The lowest BCUT2D eigenvalue weighted by molar-refractivity contribution is -0.384. The van der Waals surface area contributed by atoms with Gasteiger partial charge in [-0.05, 0) is 36.4 Å². The highest BCUT2D eigenvalue weighted by molar-refractivity contribution is 6.04. The van der Waals surface area contributed by atoms with Gasteiger partial charge in [0.1, 0.15) is 0 Å². The van der Waals surface area contributed by atoms with Crippen LogP contribution in [0.5, 0.6) is 0 Å². The molecule has 2 aromatic rings. The van der Waals surface area contributed by atoms with E-state index in [0.29, 0.717) is 5.69 Å². The van der Waals surface area contributed by atoms with E-state index in [1.54, 1.807) is 0 Å². The molecule has 0 unspecified atom stereocenters. The van der Waals surface area contributed by atoms with Gasteiger partial charge in [0.25, 0.3) is 11.6 Å². The molecule has 0 radical (unpaired) electrons. The zero-order chi connectivity index (χ0) is 17.7. The third-order valence-electron chi connectivity index (χ3n) is 2.96. The molecular weight excluding hydrogens is 316 g/mol. The molecule has 0 atom stereocenters. The molecule has 0 aromatic heterocycles. The molecule has 0 bridgehead atoms. The summed E-state index contributed by atoms with van der Waals surface area (Å²) in [5.74, 6) is -1.95. The molecule has 0 saturated heterocycles. The number of rotatable bonds is 4. The van der Waals surface area contributed by atoms with Gasteiger partial charge in [0.15, 0.2) is 0 Å². The molecular formula is C16H12N2O6. The second-order valence-corrected chi connectivity index (χ2v) is 4.72. The van der Waals surface area contributed by atoms with Gasteiger partial charge < -0.3 is 10.1 Å². The minimum atomic E-state index is -0.782. The summed E-state index contributed by atoms with van der Waals surface area (Å²) in [6.07, 6.45) is 0. The van der Waals surface area contributed by atoms with Crippen molar-refractivity contribution in [2.75, 3.05) is 5.32 Å². The molecule has 2 aromatic carbocycles. The summed E-state index contributed by atoms with van der Waals surface area (Å²) in [5, 5.41) is 13.2. The Morgan fingerprint density at radius 3 is 2.00 bits per heavy atom. The van der Waals surface area contributed by atoms with E-state index in [1.165, 1.54) is 48.5 Å². The Labute approximate surface area is 136 Å². The van der Waals surface area contributed by atoms with Crippen molar-refractivity contribution >= 4 is 29.2 Å².